The molecule has 6 heteroatoms. The van der Waals surface area contributed by atoms with E-state index in [9.17, 15) is 8.78 Å². The summed E-state index contributed by atoms with van der Waals surface area (Å²) in [5.74, 6) is 0.375. The lowest BCUT2D eigenvalue weighted by Crippen LogP contribution is -2.45. The van der Waals surface area contributed by atoms with Crippen molar-refractivity contribution in [3.05, 3.63) is 18.2 Å². The molecule has 1 saturated carbocycles. The van der Waals surface area contributed by atoms with Crippen LogP contribution in [0.2, 0.25) is 0 Å². The van der Waals surface area contributed by atoms with Gasteiger partial charge in [-0.1, -0.05) is 0 Å². The Morgan fingerprint density at radius 2 is 2.35 bits per heavy atom. The highest BCUT2D eigenvalue weighted by Crippen LogP contribution is 2.23. The van der Waals surface area contributed by atoms with Gasteiger partial charge in [0.15, 0.2) is 0 Å². The molecule has 0 aliphatic heterocycles. The molecule has 1 aliphatic rings. The van der Waals surface area contributed by atoms with E-state index in [2.05, 4.69) is 10.3 Å². The lowest BCUT2D eigenvalue weighted by atomic mass is 9.89. The molecule has 0 aromatic carbocycles. The Kier molecular flexibility index (Phi) is 4.06. The van der Waals surface area contributed by atoms with Crippen molar-refractivity contribution >= 4 is 0 Å². The lowest BCUT2D eigenvalue weighted by Gasteiger charge is -2.35. The van der Waals surface area contributed by atoms with Gasteiger partial charge in [0.2, 0.25) is 0 Å². The van der Waals surface area contributed by atoms with Gasteiger partial charge in [0.1, 0.15) is 5.82 Å². The summed E-state index contributed by atoms with van der Waals surface area (Å²) in [5.41, 5.74) is 0. The summed E-state index contributed by atoms with van der Waals surface area (Å²) in [4.78, 5) is 3.91. The topological polar surface area (TPSA) is 39.1 Å². The Bertz CT molecular complexity index is 350. The van der Waals surface area contributed by atoms with Gasteiger partial charge in [-0.3, -0.25) is 4.57 Å². The molecule has 17 heavy (non-hydrogen) atoms. The summed E-state index contributed by atoms with van der Waals surface area (Å²) >= 11 is 0. The number of nitrogens with zero attached hydrogens (tertiary/aromatic N) is 2. The normalized spacial score (nSPS) is 24.0. The molecule has 0 unspecified atom stereocenters. The number of imidazole rings is 1. The van der Waals surface area contributed by atoms with Crippen molar-refractivity contribution in [3.63, 3.8) is 0 Å². The van der Waals surface area contributed by atoms with Crippen molar-refractivity contribution in [1.82, 2.24) is 14.9 Å². The van der Waals surface area contributed by atoms with Gasteiger partial charge in [-0.25, -0.2) is 4.98 Å². The van der Waals surface area contributed by atoms with E-state index in [0.717, 1.165) is 24.0 Å². The Morgan fingerprint density at radius 3 is 3.00 bits per heavy atom. The molecular formula is C11H17F2N3O. The highest BCUT2D eigenvalue weighted by molar-refractivity contribution is 4.94. The van der Waals surface area contributed by atoms with E-state index in [4.69, 9.17) is 4.74 Å². The van der Waals surface area contributed by atoms with Gasteiger partial charge in [0.25, 0.3) is 0 Å². The first-order valence-electron chi connectivity index (χ1n) is 5.85. The Morgan fingerprint density at radius 1 is 1.59 bits per heavy atom. The monoisotopic (exact) mass is 245 g/mol. The van der Waals surface area contributed by atoms with Gasteiger partial charge in [-0.15, -0.1) is 0 Å². The molecule has 1 fully saturated rings. The predicted octanol–water partition coefficient (Wildman–Crippen LogP) is 1.94. The number of rotatable bonds is 6. The molecule has 4 nitrogen and oxygen atoms in total. The first kappa shape index (κ1) is 12.4. The fourth-order valence-corrected chi connectivity index (χ4v) is 2.00. The minimum atomic E-state index is -2.52. The summed E-state index contributed by atoms with van der Waals surface area (Å²) in [6, 6.07) is 0.356. The summed E-state index contributed by atoms with van der Waals surface area (Å²) in [6.07, 6.45) is 4.91. The molecule has 0 amide bonds. The molecule has 1 aliphatic carbocycles. The van der Waals surface area contributed by atoms with E-state index < -0.39 is 6.55 Å². The molecule has 0 spiro atoms. The maximum atomic E-state index is 12.5. The number of nitrogens with one attached hydrogen (secondary N) is 1. The van der Waals surface area contributed by atoms with Crippen LogP contribution in [0.15, 0.2) is 12.4 Å². The van der Waals surface area contributed by atoms with Crippen LogP contribution in [-0.2, 0) is 11.3 Å². The summed E-state index contributed by atoms with van der Waals surface area (Å²) < 4.78 is 31.3. The molecule has 0 bridgehead atoms. The molecule has 1 aromatic rings. The summed E-state index contributed by atoms with van der Waals surface area (Å²) in [7, 11) is 0. The van der Waals surface area contributed by atoms with Crippen LogP contribution in [0.5, 0.6) is 0 Å². The second kappa shape index (κ2) is 5.55. The van der Waals surface area contributed by atoms with E-state index in [-0.39, 0.29) is 0 Å². The van der Waals surface area contributed by atoms with Crippen molar-refractivity contribution in [2.24, 2.45) is 0 Å². The molecule has 1 N–H and O–H groups in total. The highest BCUT2D eigenvalue weighted by Gasteiger charge is 2.29. The lowest BCUT2D eigenvalue weighted by molar-refractivity contribution is -0.0108. The SMILES string of the molecule is CCOC1CC(NCc2nccn2C(F)F)C1. The predicted molar refractivity (Wildman–Crippen MR) is 58.8 cm³/mol. The Hall–Kier alpha value is -1.01. The number of aromatic nitrogens is 2. The quantitative estimate of drug-likeness (QED) is 0.832. The molecule has 0 radical (unpaired) electrons. The number of alkyl halides is 2. The summed E-state index contributed by atoms with van der Waals surface area (Å²) in [5, 5.41) is 3.21. The zero-order chi connectivity index (χ0) is 12.3. The van der Waals surface area contributed by atoms with Crippen LogP contribution < -0.4 is 5.32 Å². The van der Waals surface area contributed by atoms with Gasteiger partial charge >= 0.3 is 6.55 Å². The first-order valence-corrected chi connectivity index (χ1v) is 5.85. The van der Waals surface area contributed by atoms with Crippen LogP contribution in [0, 0.1) is 0 Å². The van der Waals surface area contributed by atoms with E-state index in [1.807, 2.05) is 6.92 Å². The van der Waals surface area contributed by atoms with Gasteiger partial charge < -0.3 is 10.1 Å². The van der Waals surface area contributed by atoms with Crippen molar-refractivity contribution in [2.45, 2.75) is 45.0 Å². The van der Waals surface area contributed by atoms with Crippen molar-refractivity contribution in [2.75, 3.05) is 6.61 Å². The zero-order valence-corrected chi connectivity index (χ0v) is 9.77. The average Bonchev–Trinajstić information content (AvgIpc) is 2.69. The second-order valence-electron chi connectivity index (χ2n) is 4.15. The first-order chi connectivity index (χ1) is 8.20. The van der Waals surface area contributed by atoms with E-state index in [1.54, 1.807) is 0 Å². The molecule has 1 aromatic heterocycles. The second-order valence-corrected chi connectivity index (χ2v) is 4.15. The standard InChI is InChI=1S/C11H17F2N3O/c1-2-17-9-5-8(6-9)15-7-10-14-3-4-16(10)11(12)13/h3-4,8-9,11,15H,2,5-7H2,1H3. The maximum absolute atomic E-state index is 12.5. The molecule has 0 atom stereocenters. The number of ether oxygens (including phenoxy) is 1. The van der Waals surface area contributed by atoms with E-state index in [1.165, 1.54) is 12.4 Å². The maximum Gasteiger partial charge on any atom is 0.319 e. The number of hydrogen-bond acceptors (Lipinski definition) is 3. The van der Waals surface area contributed by atoms with Gasteiger partial charge in [-0.2, -0.15) is 8.78 Å². The van der Waals surface area contributed by atoms with Crippen molar-refractivity contribution < 1.29 is 13.5 Å². The van der Waals surface area contributed by atoms with Crippen LogP contribution in [0.3, 0.4) is 0 Å². The average molecular weight is 245 g/mol. The third kappa shape index (κ3) is 3.01. The molecule has 0 saturated heterocycles. The van der Waals surface area contributed by atoms with E-state index >= 15 is 0 Å². The van der Waals surface area contributed by atoms with Crippen LogP contribution in [-0.4, -0.2) is 28.3 Å². The van der Waals surface area contributed by atoms with Crippen molar-refractivity contribution in [3.8, 4) is 0 Å². The van der Waals surface area contributed by atoms with Gasteiger partial charge in [-0.05, 0) is 19.8 Å². The summed E-state index contributed by atoms with van der Waals surface area (Å²) in [6.45, 7) is 0.556. The molecule has 96 valence electrons. The molecule has 1 heterocycles. The number of halogens is 2. The highest BCUT2D eigenvalue weighted by atomic mass is 19.3. The van der Waals surface area contributed by atoms with Crippen LogP contribution in [0.1, 0.15) is 32.1 Å². The molecule has 2 rings (SSSR count). The van der Waals surface area contributed by atoms with Gasteiger partial charge in [0, 0.05) is 25.0 Å². The van der Waals surface area contributed by atoms with Gasteiger partial charge in [0.05, 0.1) is 12.6 Å². The van der Waals surface area contributed by atoms with E-state index in [0.29, 0.717) is 24.5 Å². The number of hydrogen-bond donors (Lipinski definition) is 1. The minimum Gasteiger partial charge on any atom is -0.378 e. The Labute approximate surface area is 99.0 Å². The fraction of sp³-hybridized carbons (Fsp3) is 0.727. The third-order valence-corrected chi connectivity index (χ3v) is 3.01. The van der Waals surface area contributed by atoms with Crippen LogP contribution >= 0.6 is 0 Å². The minimum absolute atomic E-state index is 0.326. The Balaban J connectivity index is 1.74. The largest absolute Gasteiger partial charge is 0.378 e. The fourth-order valence-electron chi connectivity index (χ4n) is 2.00. The van der Waals surface area contributed by atoms with Crippen LogP contribution in [0.25, 0.3) is 0 Å². The van der Waals surface area contributed by atoms with Crippen LogP contribution in [0.4, 0.5) is 8.78 Å². The smallest absolute Gasteiger partial charge is 0.319 e. The zero-order valence-electron chi connectivity index (χ0n) is 9.77. The third-order valence-electron chi connectivity index (χ3n) is 3.01. The van der Waals surface area contributed by atoms with Crippen molar-refractivity contribution in [1.29, 1.82) is 0 Å². The molecular weight excluding hydrogens is 228 g/mol.